The molecule has 0 aliphatic carbocycles. The molecule has 0 N–H and O–H groups in total. The number of anilines is 1. The molecule has 130 valence electrons. The summed E-state index contributed by atoms with van der Waals surface area (Å²) in [5, 5.41) is 12.4. The van der Waals surface area contributed by atoms with Gasteiger partial charge in [-0.2, -0.15) is 4.80 Å². The first-order valence-electron chi connectivity index (χ1n) is 8.59. The molecule has 1 amide bonds. The SMILES string of the molecule is CCCCN(Cc1ccco1)C(=O)Cn1nnc(N2CCCC2)n1. The fraction of sp³-hybridized carbons (Fsp3) is 0.625. The molecule has 8 nitrogen and oxygen atoms in total. The molecule has 0 aromatic carbocycles. The fourth-order valence-corrected chi connectivity index (χ4v) is 2.80. The molecule has 0 saturated carbocycles. The van der Waals surface area contributed by atoms with Crippen molar-refractivity contribution in [2.24, 2.45) is 0 Å². The number of amides is 1. The van der Waals surface area contributed by atoms with Crippen LogP contribution >= 0.6 is 0 Å². The van der Waals surface area contributed by atoms with Crippen molar-refractivity contribution in [3.05, 3.63) is 24.2 Å². The molecule has 0 spiro atoms. The van der Waals surface area contributed by atoms with E-state index in [9.17, 15) is 4.79 Å². The van der Waals surface area contributed by atoms with Crippen molar-refractivity contribution < 1.29 is 9.21 Å². The lowest BCUT2D eigenvalue weighted by Gasteiger charge is -2.21. The van der Waals surface area contributed by atoms with Gasteiger partial charge >= 0.3 is 0 Å². The minimum Gasteiger partial charge on any atom is -0.467 e. The van der Waals surface area contributed by atoms with Crippen molar-refractivity contribution >= 4 is 11.9 Å². The maximum atomic E-state index is 12.6. The van der Waals surface area contributed by atoms with Gasteiger partial charge in [-0.05, 0) is 36.6 Å². The van der Waals surface area contributed by atoms with Gasteiger partial charge in [-0.1, -0.05) is 18.4 Å². The Morgan fingerprint density at radius 3 is 2.92 bits per heavy atom. The van der Waals surface area contributed by atoms with Gasteiger partial charge in [-0.15, -0.1) is 5.10 Å². The third kappa shape index (κ3) is 4.12. The van der Waals surface area contributed by atoms with Gasteiger partial charge in [-0.3, -0.25) is 4.79 Å². The van der Waals surface area contributed by atoms with Crippen LogP contribution in [0.1, 0.15) is 38.4 Å². The molecule has 8 heteroatoms. The summed E-state index contributed by atoms with van der Waals surface area (Å²) >= 11 is 0. The van der Waals surface area contributed by atoms with E-state index in [2.05, 4.69) is 27.2 Å². The van der Waals surface area contributed by atoms with E-state index >= 15 is 0 Å². The van der Waals surface area contributed by atoms with Crippen LogP contribution in [0.5, 0.6) is 0 Å². The van der Waals surface area contributed by atoms with Gasteiger partial charge in [0.15, 0.2) is 0 Å². The van der Waals surface area contributed by atoms with Crippen molar-refractivity contribution in [1.82, 2.24) is 25.1 Å². The number of hydrogen-bond donors (Lipinski definition) is 0. The molecule has 2 aromatic rings. The molecule has 24 heavy (non-hydrogen) atoms. The van der Waals surface area contributed by atoms with E-state index in [1.165, 1.54) is 4.80 Å². The van der Waals surface area contributed by atoms with E-state index in [1.54, 1.807) is 11.2 Å². The molecule has 1 saturated heterocycles. The fourth-order valence-electron chi connectivity index (χ4n) is 2.80. The number of carbonyl (C=O) groups is 1. The predicted molar refractivity (Wildman–Crippen MR) is 88.3 cm³/mol. The highest BCUT2D eigenvalue weighted by Gasteiger charge is 2.20. The second kappa shape index (κ2) is 7.94. The Labute approximate surface area is 141 Å². The van der Waals surface area contributed by atoms with Crippen molar-refractivity contribution in [2.45, 2.75) is 45.7 Å². The Morgan fingerprint density at radius 2 is 2.21 bits per heavy atom. The first-order valence-corrected chi connectivity index (χ1v) is 8.59. The van der Waals surface area contributed by atoms with Crippen LogP contribution in [0.25, 0.3) is 0 Å². The average molecular weight is 332 g/mol. The molecule has 3 heterocycles. The van der Waals surface area contributed by atoms with Gasteiger partial charge in [0.2, 0.25) is 5.91 Å². The third-order valence-corrected chi connectivity index (χ3v) is 4.17. The summed E-state index contributed by atoms with van der Waals surface area (Å²) in [7, 11) is 0. The Kier molecular flexibility index (Phi) is 5.45. The van der Waals surface area contributed by atoms with Crippen LogP contribution in [0.3, 0.4) is 0 Å². The minimum absolute atomic E-state index is 0.0229. The largest absolute Gasteiger partial charge is 0.467 e. The summed E-state index contributed by atoms with van der Waals surface area (Å²) in [6, 6.07) is 3.71. The van der Waals surface area contributed by atoms with Crippen LogP contribution in [-0.2, 0) is 17.9 Å². The molecule has 0 radical (unpaired) electrons. The van der Waals surface area contributed by atoms with Crippen LogP contribution in [0.4, 0.5) is 5.95 Å². The second-order valence-corrected chi connectivity index (χ2v) is 6.06. The lowest BCUT2D eigenvalue weighted by Crippen LogP contribution is -2.34. The summed E-state index contributed by atoms with van der Waals surface area (Å²) in [4.78, 5) is 17.9. The maximum absolute atomic E-state index is 12.6. The molecule has 1 aliphatic heterocycles. The van der Waals surface area contributed by atoms with E-state index in [1.807, 2.05) is 12.1 Å². The highest BCUT2D eigenvalue weighted by Crippen LogP contribution is 2.14. The normalized spacial score (nSPS) is 14.3. The highest BCUT2D eigenvalue weighted by molar-refractivity contribution is 5.75. The summed E-state index contributed by atoms with van der Waals surface area (Å²) < 4.78 is 5.36. The molecular weight excluding hydrogens is 308 g/mol. The van der Waals surface area contributed by atoms with Gasteiger partial charge in [0, 0.05) is 19.6 Å². The average Bonchev–Trinajstić information content (AvgIpc) is 3.31. The zero-order valence-corrected chi connectivity index (χ0v) is 14.1. The maximum Gasteiger partial charge on any atom is 0.266 e. The van der Waals surface area contributed by atoms with E-state index in [4.69, 9.17) is 4.42 Å². The second-order valence-electron chi connectivity index (χ2n) is 6.06. The first kappa shape index (κ1) is 16.5. The standard InChI is InChI=1S/C16H24N6O2/c1-2-3-8-21(12-14-7-6-11-24-14)15(23)13-22-18-16(17-19-22)20-9-4-5-10-20/h6-7,11H,2-5,8-10,12-13H2,1H3. The van der Waals surface area contributed by atoms with Crippen LogP contribution in [0.15, 0.2) is 22.8 Å². The summed E-state index contributed by atoms with van der Waals surface area (Å²) in [5.41, 5.74) is 0. The number of hydrogen-bond acceptors (Lipinski definition) is 6. The minimum atomic E-state index is -0.0229. The van der Waals surface area contributed by atoms with Crippen LogP contribution in [0.2, 0.25) is 0 Å². The van der Waals surface area contributed by atoms with Crippen molar-refractivity contribution in [2.75, 3.05) is 24.5 Å². The van der Waals surface area contributed by atoms with Gasteiger partial charge in [-0.25, -0.2) is 0 Å². The molecule has 0 bridgehead atoms. The lowest BCUT2D eigenvalue weighted by molar-refractivity contribution is -0.133. The Balaban J connectivity index is 1.61. The number of carbonyl (C=O) groups excluding carboxylic acids is 1. The number of nitrogens with zero attached hydrogens (tertiary/aromatic N) is 6. The summed E-state index contributed by atoms with van der Waals surface area (Å²) in [5.74, 6) is 1.38. The van der Waals surface area contributed by atoms with Gasteiger partial charge < -0.3 is 14.2 Å². The number of tetrazole rings is 1. The molecule has 3 rings (SSSR count). The van der Waals surface area contributed by atoms with Gasteiger partial charge in [0.05, 0.1) is 12.8 Å². The zero-order valence-electron chi connectivity index (χ0n) is 14.1. The van der Waals surface area contributed by atoms with Gasteiger partial charge in [0.25, 0.3) is 5.95 Å². The molecule has 0 unspecified atom stereocenters. The number of rotatable bonds is 8. The Hall–Kier alpha value is -2.38. The molecule has 0 atom stereocenters. The van der Waals surface area contributed by atoms with Crippen molar-refractivity contribution in [3.8, 4) is 0 Å². The van der Waals surface area contributed by atoms with Crippen LogP contribution < -0.4 is 4.90 Å². The molecular formula is C16H24N6O2. The van der Waals surface area contributed by atoms with E-state index in [0.29, 0.717) is 19.0 Å². The van der Waals surface area contributed by atoms with E-state index in [0.717, 1.165) is 44.5 Å². The number of aromatic nitrogens is 4. The highest BCUT2D eigenvalue weighted by atomic mass is 16.3. The van der Waals surface area contributed by atoms with Gasteiger partial charge in [0.1, 0.15) is 12.3 Å². The van der Waals surface area contributed by atoms with E-state index in [-0.39, 0.29) is 12.5 Å². The van der Waals surface area contributed by atoms with Crippen molar-refractivity contribution in [1.29, 1.82) is 0 Å². The lowest BCUT2D eigenvalue weighted by atomic mass is 10.3. The third-order valence-electron chi connectivity index (χ3n) is 4.17. The van der Waals surface area contributed by atoms with E-state index < -0.39 is 0 Å². The number of unbranched alkanes of at least 4 members (excludes halogenated alkanes) is 1. The van der Waals surface area contributed by atoms with Crippen molar-refractivity contribution in [3.63, 3.8) is 0 Å². The molecule has 2 aromatic heterocycles. The first-order chi connectivity index (χ1) is 11.8. The Morgan fingerprint density at radius 1 is 1.38 bits per heavy atom. The quantitative estimate of drug-likeness (QED) is 0.732. The molecule has 1 fully saturated rings. The molecule has 1 aliphatic rings. The summed E-state index contributed by atoms with van der Waals surface area (Å²) in [6.07, 6.45) is 5.92. The topological polar surface area (TPSA) is 80.3 Å². The summed E-state index contributed by atoms with van der Waals surface area (Å²) in [6.45, 7) is 5.30. The van der Waals surface area contributed by atoms with Crippen LogP contribution in [0, 0.1) is 0 Å². The zero-order chi connectivity index (χ0) is 16.8. The smallest absolute Gasteiger partial charge is 0.266 e. The monoisotopic (exact) mass is 332 g/mol. The van der Waals surface area contributed by atoms with Crippen LogP contribution in [-0.4, -0.2) is 50.6 Å². The number of furan rings is 1. The Bertz CT molecular complexity index is 633. The predicted octanol–water partition coefficient (Wildman–Crippen LogP) is 1.70.